The molecule has 5 amide bonds. The molecule has 13 heteroatoms. The Morgan fingerprint density at radius 3 is 2.37 bits per heavy atom. The molecule has 1 fully saturated rings. The van der Waals surface area contributed by atoms with E-state index in [-0.39, 0.29) is 33.3 Å². The van der Waals surface area contributed by atoms with E-state index in [1.165, 1.54) is 68.8 Å². The van der Waals surface area contributed by atoms with Crippen molar-refractivity contribution in [3.05, 3.63) is 76.6 Å². The number of barbiturate groups is 1. The second-order valence-corrected chi connectivity index (χ2v) is 9.43. The van der Waals surface area contributed by atoms with E-state index in [4.69, 9.17) is 30.5 Å². The first kappa shape index (κ1) is 30.8. The molecule has 2 N–H and O–H groups in total. The van der Waals surface area contributed by atoms with Crippen molar-refractivity contribution in [3.63, 3.8) is 0 Å². The summed E-state index contributed by atoms with van der Waals surface area (Å²) in [5.74, 6) is -1.90. The molecule has 1 aliphatic rings. The number of halogens is 2. The Bertz CT molecular complexity index is 1590. The van der Waals surface area contributed by atoms with Gasteiger partial charge in [0.15, 0.2) is 29.6 Å². The number of hydrogen-bond acceptors (Lipinski definition) is 8. The largest absolute Gasteiger partial charge is 0.493 e. The highest BCUT2D eigenvalue weighted by Gasteiger charge is 2.37. The van der Waals surface area contributed by atoms with Crippen LogP contribution in [-0.2, 0) is 14.4 Å². The first-order valence-electron chi connectivity index (χ1n) is 12.9. The number of ether oxygens (including phenoxy) is 4. The van der Waals surface area contributed by atoms with Crippen LogP contribution in [0.3, 0.4) is 0 Å². The van der Waals surface area contributed by atoms with Crippen molar-refractivity contribution in [3.8, 4) is 23.0 Å². The van der Waals surface area contributed by atoms with Gasteiger partial charge in [0.25, 0.3) is 17.7 Å². The number of carbonyl (C=O) groups excluding carboxylic acids is 4. The molecular weight excluding hydrogens is 585 g/mol. The lowest BCUT2D eigenvalue weighted by atomic mass is 10.1. The lowest BCUT2D eigenvalue weighted by Gasteiger charge is -2.27. The Balaban J connectivity index is 1.56. The van der Waals surface area contributed by atoms with E-state index in [2.05, 4.69) is 10.6 Å². The van der Waals surface area contributed by atoms with E-state index in [9.17, 15) is 23.6 Å². The number of carbonyl (C=O) groups is 4. The Hall–Kier alpha value is -5.10. The standard InChI is InChI=1S/C30H27ClFN3O8/c1-4-11-42-23-10-9-20(15-24(23)40-2)35-29(38)21(28(37)34-30(35)39)12-17-13-22(31)27(25(14-17)41-3)43-16-26(36)33-19-7-5-18(32)6-8-19/h5-10,12-15H,4,11,16H2,1-3H3,(H,33,36)(H,34,37,39)/b21-12-. The Morgan fingerprint density at radius 2 is 1.70 bits per heavy atom. The quantitative estimate of drug-likeness (QED) is 0.229. The second kappa shape index (κ2) is 13.7. The summed E-state index contributed by atoms with van der Waals surface area (Å²) in [6.45, 7) is 1.94. The molecule has 1 saturated heterocycles. The summed E-state index contributed by atoms with van der Waals surface area (Å²) < 4.78 is 35.0. The van der Waals surface area contributed by atoms with E-state index < -0.39 is 36.2 Å². The number of nitrogens with one attached hydrogen (secondary N) is 2. The molecule has 0 unspecified atom stereocenters. The van der Waals surface area contributed by atoms with Gasteiger partial charge >= 0.3 is 6.03 Å². The number of nitrogens with zero attached hydrogens (tertiary/aromatic N) is 1. The van der Waals surface area contributed by atoms with Gasteiger partial charge in [-0.1, -0.05) is 18.5 Å². The summed E-state index contributed by atoms with van der Waals surface area (Å²) in [5.41, 5.74) is 0.450. The minimum Gasteiger partial charge on any atom is -0.493 e. The fourth-order valence-electron chi connectivity index (χ4n) is 4.02. The molecule has 1 heterocycles. The van der Waals surface area contributed by atoms with Crippen LogP contribution in [-0.4, -0.2) is 51.2 Å². The van der Waals surface area contributed by atoms with Crippen molar-refractivity contribution >= 4 is 52.8 Å². The molecule has 43 heavy (non-hydrogen) atoms. The molecule has 3 aromatic carbocycles. The van der Waals surface area contributed by atoms with Crippen LogP contribution in [0.5, 0.6) is 23.0 Å². The predicted octanol–water partition coefficient (Wildman–Crippen LogP) is 4.97. The first-order chi connectivity index (χ1) is 20.6. The fraction of sp³-hybridized carbons (Fsp3) is 0.200. The van der Waals surface area contributed by atoms with Crippen molar-refractivity contribution in [2.75, 3.05) is 37.7 Å². The van der Waals surface area contributed by atoms with Crippen LogP contribution in [0, 0.1) is 5.82 Å². The van der Waals surface area contributed by atoms with E-state index in [0.29, 0.717) is 23.8 Å². The maximum Gasteiger partial charge on any atom is 0.335 e. The van der Waals surface area contributed by atoms with Gasteiger partial charge < -0.3 is 24.3 Å². The summed E-state index contributed by atoms with van der Waals surface area (Å²) in [6, 6.07) is 11.6. The summed E-state index contributed by atoms with van der Waals surface area (Å²) >= 11 is 6.41. The Morgan fingerprint density at radius 1 is 0.977 bits per heavy atom. The van der Waals surface area contributed by atoms with Crippen LogP contribution in [0.2, 0.25) is 5.02 Å². The SMILES string of the molecule is CCCOc1ccc(N2C(=O)NC(=O)/C(=C/c3cc(Cl)c(OCC(=O)Nc4ccc(F)cc4)c(OC)c3)C2=O)cc1OC. The third kappa shape index (κ3) is 7.22. The zero-order valence-corrected chi connectivity index (χ0v) is 24.1. The summed E-state index contributed by atoms with van der Waals surface area (Å²) in [7, 11) is 2.77. The van der Waals surface area contributed by atoms with E-state index >= 15 is 0 Å². The molecule has 11 nitrogen and oxygen atoms in total. The highest BCUT2D eigenvalue weighted by atomic mass is 35.5. The number of amides is 5. The van der Waals surface area contributed by atoms with Gasteiger partial charge in [-0.2, -0.15) is 0 Å². The molecule has 0 saturated carbocycles. The van der Waals surface area contributed by atoms with Gasteiger partial charge in [-0.3, -0.25) is 19.7 Å². The maximum absolute atomic E-state index is 13.4. The van der Waals surface area contributed by atoms with Crippen LogP contribution < -0.4 is 34.5 Å². The minimum absolute atomic E-state index is 0.0183. The average Bonchev–Trinajstić information content (AvgIpc) is 2.98. The smallest absolute Gasteiger partial charge is 0.335 e. The van der Waals surface area contributed by atoms with Crippen molar-refractivity contribution in [1.29, 1.82) is 0 Å². The van der Waals surface area contributed by atoms with Gasteiger partial charge in [-0.05, 0) is 66.6 Å². The Kier molecular flexibility index (Phi) is 9.83. The summed E-state index contributed by atoms with van der Waals surface area (Å²) in [6.07, 6.45) is 2.01. The maximum atomic E-state index is 13.4. The molecule has 0 bridgehead atoms. The summed E-state index contributed by atoms with van der Waals surface area (Å²) in [4.78, 5) is 51.9. The third-order valence-electron chi connectivity index (χ3n) is 6.01. The van der Waals surface area contributed by atoms with Crippen LogP contribution in [0.25, 0.3) is 6.08 Å². The van der Waals surface area contributed by atoms with E-state index in [1.54, 1.807) is 6.07 Å². The molecule has 4 rings (SSSR count). The number of methoxy groups -OCH3 is 2. The van der Waals surface area contributed by atoms with Crippen molar-refractivity contribution < 1.29 is 42.5 Å². The van der Waals surface area contributed by atoms with Gasteiger partial charge in [0.1, 0.15) is 11.4 Å². The topological polar surface area (TPSA) is 132 Å². The molecule has 0 atom stereocenters. The molecule has 0 aromatic heterocycles. The number of hydrogen-bond donors (Lipinski definition) is 2. The number of imide groups is 2. The van der Waals surface area contributed by atoms with Crippen molar-refractivity contribution in [2.45, 2.75) is 13.3 Å². The average molecular weight is 612 g/mol. The van der Waals surface area contributed by atoms with Gasteiger partial charge in [0, 0.05) is 11.8 Å². The zero-order chi connectivity index (χ0) is 31.1. The van der Waals surface area contributed by atoms with Crippen molar-refractivity contribution in [2.24, 2.45) is 0 Å². The molecular formula is C30H27ClFN3O8. The van der Waals surface area contributed by atoms with E-state index in [1.807, 2.05) is 6.92 Å². The van der Waals surface area contributed by atoms with E-state index in [0.717, 1.165) is 11.3 Å². The van der Waals surface area contributed by atoms with Crippen molar-refractivity contribution in [1.82, 2.24) is 5.32 Å². The van der Waals surface area contributed by atoms with Gasteiger partial charge in [0.2, 0.25) is 0 Å². The number of rotatable bonds is 11. The monoisotopic (exact) mass is 611 g/mol. The van der Waals surface area contributed by atoms with Gasteiger partial charge in [0.05, 0.1) is 31.5 Å². The summed E-state index contributed by atoms with van der Waals surface area (Å²) in [5, 5.41) is 4.74. The predicted molar refractivity (Wildman–Crippen MR) is 156 cm³/mol. The van der Waals surface area contributed by atoms with Gasteiger partial charge in [-0.15, -0.1) is 0 Å². The normalized spacial score (nSPS) is 13.9. The number of benzene rings is 3. The lowest BCUT2D eigenvalue weighted by molar-refractivity contribution is -0.122. The van der Waals surface area contributed by atoms with Crippen LogP contribution in [0.1, 0.15) is 18.9 Å². The molecule has 0 radical (unpaired) electrons. The zero-order valence-electron chi connectivity index (χ0n) is 23.4. The fourth-order valence-corrected chi connectivity index (χ4v) is 4.29. The highest BCUT2D eigenvalue weighted by molar-refractivity contribution is 6.39. The molecule has 224 valence electrons. The molecule has 1 aliphatic heterocycles. The number of urea groups is 1. The van der Waals surface area contributed by atoms with Gasteiger partial charge in [-0.25, -0.2) is 14.1 Å². The molecule has 0 aliphatic carbocycles. The highest BCUT2D eigenvalue weighted by Crippen LogP contribution is 2.38. The molecule has 0 spiro atoms. The minimum atomic E-state index is -0.935. The first-order valence-corrected chi connectivity index (χ1v) is 13.3. The van der Waals surface area contributed by atoms with Crippen LogP contribution in [0.15, 0.2) is 60.2 Å². The second-order valence-electron chi connectivity index (χ2n) is 9.02. The third-order valence-corrected chi connectivity index (χ3v) is 6.29. The van der Waals surface area contributed by atoms with Crippen LogP contribution >= 0.6 is 11.6 Å². The van der Waals surface area contributed by atoms with Crippen LogP contribution in [0.4, 0.5) is 20.6 Å². The molecule has 3 aromatic rings. The Labute approximate surface area is 251 Å². The number of anilines is 2. The lowest BCUT2D eigenvalue weighted by Crippen LogP contribution is -2.54.